The van der Waals surface area contributed by atoms with Crippen LogP contribution >= 0.6 is 0 Å². The maximum absolute atomic E-state index is 4.99. The molecule has 0 bridgehead atoms. The molecule has 242 valence electrons. The molecule has 0 aliphatic carbocycles. The summed E-state index contributed by atoms with van der Waals surface area (Å²) in [6.07, 6.45) is 0. The molecule has 6 nitrogen and oxygen atoms in total. The lowest BCUT2D eigenvalue weighted by Crippen LogP contribution is -2.05. The molecule has 2 aromatic heterocycles. The summed E-state index contributed by atoms with van der Waals surface area (Å²) in [7, 11) is 0. The molecule has 0 unspecified atom stereocenters. The number of aromatic nitrogens is 2. The van der Waals surface area contributed by atoms with Crippen LogP contribution < -0.4 is 0 Å². The molecule has 0 aliphatic heterocycles. The monoisotopic (exact) mass is 632 g/mol. The summed E-state index contributed by atoms with van der Waals surface area (Å²) in [4.78, 5) is 29.5. The van der Waals surface area contributed by atoms with Crippen LogP contribution in [-0.4, -0.2) is 32.8 Å². The smallest absolute Gasteiger partial charge is 0.0849 e. The summed E-state index contributed by atoms with van der Waals surface area (Å²) in [6.45, 7) is 20.5. The SMILES string of the molecule is CC(=Nc1ccc(C)cc1C)c1cccc(C(C)=Nc2cc(C)c(N=C(C)c3cccc(C(C)=Nc4ccc(C)cc4C)n3)cc2C)n1. The highest BCUT2D eigenvalue weighted by molar-refractivity contribution is 6.03. The van der Waals surface area contributed by atoms with Crippen molar-refractivity contribution < 1.29 is 0 Å². The van der Waals surface area contributed by atoms with E-state index in [0.29, 0.717) is 0 Å². The second-order valence-electron chi connectivity index (χ2n) is 12.6. The van der Waals surface area contributed by atoms with Gasteiger partial charge in [-0.05, 0) is 140 Å². The van der Waals surface area contributed by atoms with Crippen molar-refractivity contribution in [1.29, 1.82) is 0 Å². The van der Waals surface area contributed by atoms with Gasteiger partial charge in [0.25, 0.3) is 0 Å². The number of pyridine rings is 2. The van der Waals surface area contributed by atoms with Gasteiger partial charge in [-0.15, -0.1) is 0 Å². The van der Waals surface area contributed by atoms with Crippen LogP contribution in [0.1, 0.15) is 83.9 Å². The molecule has 48 heavy (non-hydrogen) atoms. The first-order chi connectivity index (χ1) is 22.9. The molecule has 0 atom stereocenters. The second kappa shape index (κ2) is 14.6. The van der Waals surface area contributed by atoms with E-state index in [9.17, 15) is 0 Å². The van der Waals surface area contributed by atoms with E-state index in [1.165, 1.54) is 11.1 Å². The lowest BCUT2D eigenvalue weighted by molar-refractivity contribution is 1.23. The average Bonchev–Trinajstić information content (AvgIpc) is 3.06. The van der Waals surface area contributed by atoms with Crippen LogP contribution in [0, 0.1) is 41.5 Å². The third kappa shape index (κ3) is 8.13. The topological polar surface area (TPSA) is 75.2 Å². The van der Waals surface area contributed by atoms with Crippen LogP contribution in [0.3, 0.4) is 0 Å². The van der Waals surface area contributed by atoms with Crippen molar-refractivity contribution in [2.24, 2.45) is 20.0 Å². The van der Waals surface area contributed by atoms with Gasteiger partial charge in [-0.1, -0.05) is 47.5 Å². The van der Waals surface area contributed by atoms with Gasteiger partial charge in [0, 0.05) is 0 Å². The number of nitrogens with zero attached hydrogens (tertiary/aromatic N) is 6. The van der Waals surface area contributed by atoms with Crippen LogP contribution in [0.5, 0.6) is 0 Å². The van der Waals surface area contributed by atoms with Crippen LogP contribution in [0.4, 0.5) is 22.7 Å². The van der Waals surface area contributed by atoms with Gasteiger partial charge in [0.15, 0.2) is 0 Å². The lowest BCUT2D eigenvalue weighted by atomic mass is 10.1. The summed E-state index contributed by atoms with van der Waals surface area (Å²) in [5.41, 5.74) is 17.2. The molecule has 2 heterocycles. The fourth-order valence-corrected chi connectivity index (χ4v) is 5.52. The zero-order valence-corrected chi connectivity index (χ0v) is 29.8. The standard InChI is InChI=1S/C42H44N6/c1-25-17-19-35(27(3)21-25)43-31(7)37-13-11-15-39(47-37)33(9)45-41-23-30(6)42(24-29(41)5)46-34(10)40-16-12-14-38(48-40)32(8)44-36-20-18-26(2)22-28(36)4/h11-24H,1-10H3. The minimum absolute atomic E-state index is 0.819. The summed E-state index contributed by atoms with van der Waals surface area (Å²) >= 11 is 0. The predicted molar refractivity (Wildman–Crippen MR) is 204 cm³/mol. The molecule has 0 spiro atoms. The molecule has 0 saturated heterocycles. The molecular formula is C42H44N6. The van der Waals surface area contributed by atoms with E-state index in [4.69, 9.17) is 29.9 Å². The predicted octanol–water partition coefficient (Wildman–Crippen LogP) is 10.9. The average molecular weight is 633 g/mol. The zero-order chi connectivity index (χ0) is 34.5. The molecule has 5 rings (SSSR count). The largest absolute Gasteiger partial charge is 0.251 e. The van der Waals surface area contributed by atoms with Crippen LogP contribution in [0.15, 0.2) is 105 Å². The first-order valence-electron chi connectivity index (χ1n) is 16.3. The van der Waals surface area contributed by atoms with E-state index >= 15 is 0 Å². The van der Waals surface area contributed by atoms with Crippen molar-refractivity contribution in [3.05, 3.63) is 141 Å². The first-order valence-corrected chi connectivity index (χ1v) is 16.3. The Hall–Kier alpha value is -5.36. The number of rotatable bonds is 8. The molecule has 5 aromatic rings. The Morgan fingerprint density at radius 3 is 0.979 bits per heavy atom. The minimum atomic E-state index is 0.819. The van der Waals surface area contributed by atoms with Gasteiger partial charge in [0.05, 0.1) is 68.4 Å². The number of aliphatic imine (C=N–C) groups is 4. The van der Waals surface area contributed by atoms with Crippen molar-refractivity contribution in [2.75, 3.05) is 0 Å². The number of benzene rings is 3. The van der Waals surface area contributed by atoms with E-state index in [-0.39, 0.29) is 0 Å². The fourth-order valence-electron chi connectivity index (χ4n) is 5.52. The van der Waals surface area contributed by atoms with Crippen LogP contribution in [-0.2, 0) is 0 Å². The Kier molecular flexibility index (Phi) is 10.3. The van der Waals surface area contributed by atoms with Gasteiger partial charge in [0.2, 0.25) is 0 Å². The summed E-state index contributed by atoms with van der Waals surface area (Å²) < 4.78 is 0. The lowest BCUT2D eigenvalue weighted by Gasteiger charge is -2.10. The number of hydrogen-bond acceptors (Lipinski definition) is 6. The van der Waals surface area contributed by atoms with Crippen molar-refractivity contribution in [1.82, 2.24) is 9.97 Å². The Morgan fingerprint density at radius 2 is 0.667 bits per heavy atom. The maximum atomic E-state index is 4.99. The maximum Gasteiger partial charge on any atom is 0.0849 e. The highest BCUT2D eigenvalue weighted by Gasteiger charge is 2.10. The fraction of sp³-hybridized carbons (Fsp3) is 0.238. The van der Waals surface area contributed by atoms with E-state index in [0.717, 1.165) is 90.6 Å². The van der Waals surface area contributed by atoms with Crippen molar-refractivity contribution in [3.63, 3.8) is 0 Å². The van der Waals surface area contributed by atoms with Gasteiger partial charge in [-0.3, -0.25) is 20.0 Å². The summed E-state index contributed by atoms with van der Waals surface area (Å²) in [5.74, 6) is 0. The molecule has 0 amide bonds. The van der Waals surface area contributed by atoms with Crippen molar-refractivity contribution in [3.8, 4) is 0 Å². The quantitative estimate of drug-likeness (QED) is 0.160. The molecule has 0 radical (unpaired) electrons. The third-order valence-corrected chi connectivity index (χ3v) is 8.35. The normalized spacial score (nSPS) is 12.9. The Bertz CT molecular complexity index is 1980. The van der Waals surface area contributed by atoms with E-state index in [1.54, 1.807) is 0 Å². The van der Waals surface area contributed by atoms with Crippen molar-refractivity contribution in [2.45, 2.75) is 69.2 Å². The Balaban J connectivity index is 1.38. The first kappa shape index (κ1) is 34.0. The molecule has 0 saturated carbocycles. The molecular weight excluding hydrogens is 589 g/mol. The molecule has 6 heteroatoms. The summed E-state index contributed by atoms with van der Waals surface area (Å²) in [5, 5.41) is 0. The van der Waals surface area contributed by atoms with Gasteiger partial charge in [-0.2, -0.15) is 0 Å². The molecule has 3 aromatic carbocycles. The van der Waals surface area contributed by atoms with Crippen LogP contribution in [0.25, 0.3) is 0 Å². The Morgan fingerprint density at radius 1 is 0.375 bits per heavy atom. The molecule has 0 N–H and O–H groups in total. The highest BCUT2D eigenvalue weighted by atomic mass is 14.9. The number of hydrogen-bond donors (Lipinski definition) is 0. The molecule has 0 aliphatic rings. The second-order valence-corrected chi connectivity index (χ2v) is 12.6. The van der Waals surface area contributed by atoms with E-state index < -0.39 is 0 Å². The minimum Gasteiger partial charge on any atom is -0.251 e. The van der Waals surface area contributed by atoms with E-state index in [2.05, 4.69) is 90.1 Å². The van der Waals surface area contributed by atoms with Gasteiger partial charge < -0.3 is 0 Å². The van der Waals surface area contributed by atoms with Gasteiger partial charge >= 0.3 is 0 Å². The zero-order valence-electron chi connectivity index (χ0n) is 29.8. The highest BCUT2D eigenvalue weighted by Crippen LogP contribution is 2.30. The summed E-state index contributed by atoms with van der Waals surface area (Å²) in [6, 6.07) is 28.8. The third-order valence-electron chi connectivity index (χ3n) is 8.35. The van der Waals surface area contributed by atoms with Gasteiger partial charge in [-0.25, -0.2) is 9.97 Å². The van der Waals surface area contributed by atoms with Gasteiger partial charge in [0.1, 0.15) is 0 Å². The Labute approximate surface area is 285 Å². The van der Waals surface area contributed by atoms with E-state index in [1.807, 2.05) is 64.1 Å². The van der Waals surface area contributed by atoms with Crippen molar-refractivity contribution >= 4 is 45.6 Å². The number of aryl methyl sites for hydroxylation is 6. The molecule has 0 fully saturated rings. The van der Waals surface area contributed by atoms with Crippen LogP contribution in [0.2, 0.25) is 0 Å².